The van der Waals surface area contributed by atoms with Crippen molar-refractivity contribution in [3.8, 4) is 0 Å². The van der Waals surface area contributed by atoms with Crippen molar-refractivity contribution in [1.29, 1.82) is 0 Å². The molecule has 9 nitrogen and oxygen atoms in total. The Bertz CT molecular complexity index is 1040. The van der Waals surface area contributed by atoms with Crippen LogP contribution in [0, 0.1) is 11.8 Å². The fraction of sp³-hybridized carbons (Fsp3) is 0.630. The maximum Gasteiger partial charge on any atom is 0.407 e. The van der Waals surface area contributed by atoms with E-state index in [0.717, 1.165) is 23.7 Å². The summed E-state index contributed by atoms with van der Waals surface area (Å²) in [6, 6.07) is 3.46. The van der Waals surface area contributed by atoms with Crippen LogP contribution < -0.4 is 5.32 Å². The lowest BCUT2D eigenvalue weighted by atomic mass is 9.93. The third-order valence-electron chi connectivity index (χ3n) is 6.31. The molecule has 2 amide bonds. The minimum atomic E-state index is -0.938. The van der Waals surface area contributed by atoms with Crippen molar-refractivity contribution in [2.75, 3.05) is 36.5 Å². The molecule has 0 bridgehead atoms. The molecule has 2 aromatic rings. The normalized spacial score (nSPS) is 18.2. The number of hydrogen-bond donors (Lipinski definition) is 2. The van der Waals surface area contributed by atoms with E-state index in [-0.39, 0.29) is 29.2 Å². The molecule has 3 rings (SSSR count). The third-order valence-corrected chi connectivity index (χ3v) is 7.42. The number of thioether (sulfide) groups is 1. The first-order valence-corrected chi connectivity index (χ1v) is 14.1. The van der Waals surface area contributed by atoms with Crippen LogP contribution in [0.1, 0.15) is 69.9 Å². The molecule has 37 heavy (non-hydrogen) atoms. The van der Waals surface area contributed by atoms with Crippen LogP contribution in [0.2, 0.25) is 0 Å². The van der Waals surface area contributed by atoms with Crippen molar-refractivity contribution in [2.24, 2.45) is 11.8 Å². The van der Waals surface area contributed by atoms with E-state index in [9.17, 15) is 14.7 Å². The molecule has 0 spiro atoms. The van der Waals surface area contributed by atoms with Crippen LogP contribution in [0.3, 0.4) is 0 Å². The summed E-state index contributed by atoms with van der Waals surface area (Å²) < 4.78 is 5.46. The molecule has 3 heterocycles. The van der Waals surface area contributed by atoms with Crippen molar-refractivity contribution in [1.82, 2.24) is 19.8 Å². The first kappa shape index (κ1) is 28.8. The third kappa shape index (κ3) is 7.87. The Balaban J connectivity index is 1.95. The number of aromatic nitrogens is 2. The molecule has 2 unspecified atom stereocenters. The van der Waals surface area contributed by atoms with Crippen molar-refractivity contribution in [3.63, 3.8) is 0 Å². The number of likely N-dealkylation sites (tertiary alicyclic amines) is 1. The van der Waals surface area contributed by atoms with Gasteiger partial charge in [-0.15, -0.1) is 0 Å². The van der Waals surface area contributed by atoms with Gasteiger partial charge in [0.15, 0.2) is 0 Å². The number of rotatable bonds is 10. The number of nitrogens with one attached hydrogen (secondary N) is 1. The summed E-state index contributed by atoms with van der Waals surface area (Å²) in [7, 11) is 0. The monoisotopic (exact) mass is 531 g/mol. The quantitative estimate of drug-likeness (QED) is 0.430. The molecule has 0 aliphatic carbocycles. The lowest BCUT2D eigenvalue weighted by Crippen LogP contribution is -2.55. The maximum atomic E-state index is 14.1. The standard InChI is InChI=1S/C27H41N5O4S/c1-7-37-17-19-11-20(16-31(15-19)26(34)35)32(14-18(2)3)24(33)22-13-29-25(27(4,5)6)30-23(22)28-12-21-9-8-10-36-21/h8-10,13,18-20H,7,11-12,14-17H2,1-6H3,(H,34,35)(H,28,29,30). The summed E-state index contributed by atoms with van der Waals surface area (Å²) in [4.78, 5) is 38.7. The van der Waals surface area contributed by atoms with Crippen molar-refractivity contribution >= 4 is 29.6 Å². The number of furan rings is 1. The molecular formula is C27H41N5O4S. The molecular weight excluding hydrogens is 490 g/mol. The van der Waals surface area contributed by atoms with Gasteiger partial charge in [-0.05, 0) is 41.9 Å². The minimum Gasteiger partial charge on any atom is -0.467 e. The minimum absolute atomic E-state index is 0.185. The lowest BCUT2D eigenvalue weighted by molar-refractivity contribution is 0.0431. The van der Waals surface area contributed by atoms with Gasteiger partial charge >= 0.3 is 6.09 Å². The fourth-order valence-corrected chi connectivity index (χ4v) is 5.34. The van der Waals surface area contributed by atoms with E-state index in [4.69, 9.17) is 9.40 Å². The van der Waals surface area contributed by atoms with Gasteiger partial charge in [0.2, 0.25) is 0 Å². The van der Waals surface area contributed by atoms with E-state index in [2.05, 4.69) is 31.1 Å². The van der Waals surface area contributed by atoms with Crippen LogP contribution in [0.4, 0.5) is 10.6 Å². The first-order chi connectivity index (χ1) is 17.5. The predicted octanol–water partition coefficient (Wildman–Crippen LogP) is 5.20. The topological polar surface area (TPSA) is 112 Å². The molecule has 10 heteroatoms. The van der Waals surface area contributed by atoms with E-state index in [1.54, 1.807) is 12.5 Å². The molecule has 1 saturated heterocycles. The SMILES string of the molecule is CCSCC1CC(N(CC(C)C)C(=O)c2cnc(C(C)(C)C)nc2NCc2ccco2)CN(C(=O)O)C1. The van der Waals surface area contributed by atoms with E-state index in [0.29, 0.717) is 43.4 Å². The lowest BCUT2D eigenvalue weighted by Gasteiger charge is -2.42. The van der Waals surface area contributed by atoms with Gasteiger partial charge in [-0.25, -0.2) is 14.8 Å². The van der Waals surface area contributed by atoms with E-state index in [1.807, 2.05) is 49.6 Å². The molecule has 2 atom stereocenters. The van der Waals surface area contributed by atoms with E-state index >= 15 is 0 Å². The highest BCUT2D eigenvalue weighted by molar-refractivity contribution is 7.99. The summed E-state index contributed by atoms with van der Waals surface area (Å²) in [5, 5.41) is 13.1. The molecule has 0 aromatic carbocycles. The zero-order chi connectivity index (χ0) is 27.2. The average Bonchev–Trinajstić information content (AvgIpc) is 3.37. The summed E-state index contributed by atoms with van der Waals surface area (Å²) in [6.07, 6.45) is 3.05. The van der Waals surface area contributed by atoms with Crippen LogP contribution >= 0.6 is 11.8 Å². The molecule has 0 saturated carbocycles. The summed E-state index contributed by atoms with van der Waals surface area (Å²) in [5.41, 5.74) is 0.0858. The van der Waals surface area contributed by atoms with Gasteiger partial charge in [0.1, 0.15) is 23.0 Å². The number of hydrogen-bond acceptors (Lipinski definition) is 7. The second-order valence-electron chi connectivity index (χ2n) is 11.1. The van der Waals surface area contributed by atoms with Crippen molar-refractivity contribution in [2.45, 2.75) is 66.0 Å². The Hall–Kier alpha value is -2.75. The summed E-state index contributed by atoms with van der Waals surface area (Å²) >= 11 is 1.81. The van der Waals surface area contributed by atoms with Gasteiger partial charge in [-0.3, -0.25) is 4.79 Å². The van der Waals surface area contributed by atoms with Crippen LogP contribution in [0.5, 0.6) is 0 Å². The highest BCUT2D eigenvalue weighted by Crippen LogP contribution is 2.28. The molecule has 1 aliphatic rings. The van der Waals surface area contributed by atoms with Crippen LogP contribution in [-0.4, -0.2) is 74.1 Å². The highest BCUT2D eigenvalue weighted by Gasteiger charge is 2.36. The number of carbonyl (C=O) groups excluding carboxylic acids is 1. The largest absolute Gasteiger partial charge is 0.467 e. The first-order valence-electron chi connectivity index (χ1n) is 13.0. The number of carbonyl (C=O) groups is 2. The molecule has 2 aromatic heterocycles. The Labute approximate surface area is 224 Å². The van der Waals surface area contributed by atoms with Crippen LogP contribution in [0.15, 0.2) is 29.0 Å². The Morgan fingerprint density at radius 1 is 1.32 bits per heavy atom. The Kier molecular flexibility index (Phi) is 9.87. The molecule has 1 fully saturated rings. The van der Waals surface area contributed by atoms with E-state index < -0.39 is 6.09 Å². The van der Waals surface area contributed by atoms with Gasteiger partial charge in [0.25, 0.3) is 5.91 Å². The molecule has 204 valence electrons. The maximum absolute atomic E-state index is 14.1. The van der Waals surface area contributed by atoms with E-state index in [1.165, 1.54) is 4.90 Å². The number of carboxylic acid groups (broad SMARTS) is 1. The smallest absolute Gasteiger partial charge is 0.407 e. The summed E-state index contributed by atoms with van der Waals surface area (Å²) in [6.45, 7) is 14.0. The Morgan fingerprint density at radius 3 is 2.68 bits per heavy atom. The highest BCUT2D eigenvalue weighted by atomic mass is 32.2. The molecule has 1 aliphatic heterocycles. The Morgan fingerprint density at radius 2 is 2.08 bits per heavy atom. The zero-order valence-corrected chi connectivity index (χ0v) is 23.7. The fourth-order valence-electron chi connectivity index (χ4n) is 4.53. The molecule has 2 N–H and O–H groups in total. The average molecular weight is 532 g/mol. The van der Waals surface area contributed by atoms with Crippen LogP contribution in [-0.2, 0) is 12.0 Å². The van der Waals surface area contributed by atoms with Gasteiger partial charge < -0.3 is 24.6 Å². The van der Waals surface area contributed by atoms with Crippen molar-refractivity contribution in [3.05, 3.63) is 41.7 Å². The number of nitrogens with zero attached hydrogens (tertiary/aromatic N) is 4. The van der Waals surface area contributed by atoms with Gasteiger partial charge in [-0.2, -0.15) is 11.8 Å². The zero-order valence-electron chi connectivity index (χ0n) is 22.9. The second kappa shape index (κ2) is 12.7. The number of amides is 2. The second-order valence-corrected chi connectivity index (χ2v) is 12.4. The number of piperidine rings is 1. The van der Waals surface area contributed by atoms with Gasteiger partial charge in [0.05, 0.1) is 18.8 Å². The number of anilines is 1. The van der Waals surface area contributed by atoms with Crippen LogP contribution in [0.25, 0.3) is 0 Å². The summed E-state index contributed by atoms with van der Waals surface area (Å²) in [5.74, 6) is 3.89. The van der Waals surface area contributed by atoms with Crippen molar-refractivity contribution < 1.29 is 19.1 Å². The molecule has 0 radical (unpaired) electrons. The van der Waals surface area contributed by atoms with Gasteiger partial charge in [-0.1, -0.05) is 41.5 Å². The predicted molar refractivity (Wildman–Crippen MR) is 147 cm³/mol. The van der Waals surface area contributed by atoms with Gasteiger partial charge in [0, 0.05) is 31.2 Å².